The predicted octanol–water partition coefficient (Wildman–Crippen LogP) is 3.45. The Balaban J connectivity index is 1.97. The Morgan fingerprint density at radius 3 is 2.24 bits per heavy atom. The highest BCUT2D eigenvalue weighted by Crippen LogP contribution is 2.20. The Kier molecular flexibility index (Phi) is 6.64. The second-order valence-electron chi connectivity index (χ2n) is 5.79. The average molecular weight is 379 g/mol. The molecule has 2 aromatic carbocycles. The molecule has 0 bridgehead atoms. The van der Waals surface area contributed by atoms with Crippen LogP contribution < -0.4 is 5.32 Å². The summed E-state index contributed by atoms with van der Waals surface area (Å²) in [5.74, 6) is 0.156. The van der Waals surface area contributed by atoms with Crippen LogP contribution in [0.15, 0.2) is 64.4 Å². The molecule has 0 aliphatic rings. The molecule has 134 valence electrons. The van der Waals surface area contributed by atoms with E-state index in [1.165, 1.54) is 28.2 Å². The molecule has 0 aliphatic heterocycles. The van der Waals surface area contributed by atoms with E-state index >= 15 is 0 Å². The fourth-order valence-corrected chi connectivity index (χ4v) is 4.10. The number of nitrogens with one attached hydrogen (secondary N) is 1. The van der Waals surface area contributed by atoms with E-state index in [-0.39, 0.29) is 16.8 Å². The summed E-state index contributed by atoms with van der Waals surface area (Å²) < 4.78 is 26.1. The number of anilines is 1. The van der Waals surface area contributed by atoms with E-state index in [4.69, 9.17) is 0 Å². The second kappa shape index (κ2) is 8.51. The van der Waals surface area contributed by atoms with Crippen molar-refractivity contribution in [2.75, 3.05) is 18.1 Å². The van der Waals surface area contributed by atoms with Crippen LogP contribution in [0.1, 0.15) is 13.8 Å². The van der Waals surface area contributed by atoms with Crippen LogP contribution in [-0.4, -0.2) is 37.5 Å². The smallest absolute Gasteiger partial charge is 0.243 e. The first-order valence-corrected chi connectivity index (χ1v) is 10.3. The Morgan fingerprint density at radius 1 is 1.08 bits per heavy atom. The topological polar surface area (TPSA) is 66.5 Å². The van der Waals surface area contributed by atoms with Gasteiger partial charge in [0, 0.05) is 23.7 Å². The Hall–Kier alpha value is -1.83. The number of carbonyl (C=O) groups excluding carboxylic acids is 1. The number of hydrogen-bond donors (Lipinski definition) is 1. The number of nitrogens with zero attached hydrogens (tertiary/aromatic N) is 1. The van der Waals surface area contributed by atoms with Crippen molar-refractivity contribution in [3.05, 3.63) is 54.6 Å². The molecular weight excluding hydrogens is 356 g/mol. The van der Waals surface area contributed by atoms with Crippen LogP contribution in [0.4, 0.5) is 5.69 Å². The van der Waals surface area contributed by atoms with Crippen LogP contribution in [0.5, 0.6) is 0 Å². The molecule has 0 saturated heterocycles. The minimum Gasteiger partial charge on any atom is -0.325 e. The third-order valence-corrected chi connectivity index (χ3v) is 6.72. The number of amides is 1. The molecule has 5 nitrogen and oxygen atoms in total. The Morgan fingerprint density at radius 2 is 1.68 bits per heavy atom. The van der Waals surface area contributed by atoms with Gasteiger partial charge in [0.25, 0.3) is 0 Å². The van der Waals surface area contributed by atoms with Gasteiger partial charge in [-0.25, -0.2) is 8.42 Å². The molecule has 0 spiro atoms. The molecule has 2 rings (SSSR count). The monoisotopic (exact) mass is 378 g/mol. The minimum absolute atomic E-state index is 0.126. The van der Waals surface area contributed by atoms with Crippen LogP contribution in [0.25, 0.3) is 0 Å². The van der Waals surface area contributed by atoms with Gasteiger partial charge in [0.15, 0.2) is 0 Å². The van der Waals surface area contributed by atoms with Crippen molar-refractivity contribution in [1.82, 2.24) is 4.31 Å². The van der Waals surface area contributed by atoms with Crippen molar-refractivity contribution in [3.8, 4) is 0 Å². The number of thioether (sulfide) groups is 1. The highest BCUT2D eigenvalue weighted by molar-refractivity contribution is 8.00. The zero-order valence-electron chi connectivity index (χ0n) is 14.5. The molecule has 0 atom stereocenters. The number of rotatable bonds is 7. The molecule has 7 heteroatoms. The minimum atomic E-state index is -3.51. The van der Waals surface area contributed by atoms with E-state index in [0.717, 1.165) is 4.90 Å². The molecule has 0 heterocycles. The lowest BCUT2D eigenvalue weighted by molar-refractivity contribution is -0.113. The van der Waals surface area contributed by atoms with Crippen LogP contribution in [-0.2, 0) is 14.8 Å². The van der Waals surface area contributed by atoms with Gasteiger partial charge in [-0.15, -0.1) is 11.8 Å². The summed E-state index contributed by atoms with van der Waals surface area (Å²) in [5, 5.41) is 2.77. The maximum Gasteiger partial charge on any atom is 0.243 e. The van der Waals surface area contributed by atoms with E-state index in [1.807, 2.05) is 44.2 Å². The number of benzene rings is 2. The van der Waals surface area contributed by atoms with Crippen LogP contribution in [0.3, 0.4) is 0 Å². The van der Waals surface area contributed by atoms with E-state index in [0.29, 0.717) is 11.4 Å². The summed E-state index contributed by atoms with van der Waals surface area (Å²) in [7, 11) is -1.96. The van der Waals surface area contributed by atoms with Gasteiger partial charge >= 0.3 is 0 Å². The molecule has 1 N–H and O–H groups in total. The maximum absolute atomic E-state index is 12.4. The van der Waals surface area contributed by atoms with Gasteiger partial charge in [0.05, 0.1) is 10.6 Å². The Labute approximate surface area is 153 Å². The molecule has 1 amide bonds. The van der Waals surface area contributed by atoms with Gasteiger partial charge in [-0.2, -0.15) is 4.31 Å². The van der Waals surface area contributed by atoms with Gasteiger partial charge in [-0.05, 0) is 50.2 Å². The SMILES string of the molecule is CC(C)N(C)S(=O)(=O)c1ccc(NC(=O)CSc2ccccc2)cc1. The lowest BCUT2D eigenvalue weighted by Gasteiger charge is -2.21. The highest BCUT2D eigenvalue weighted by Gasteiger charge is 2.22. The number of hydrogen-bond acceptors (Lipinski definition) is 4. The molecule has 25 heavy (non-hydrogen) atoms. The lowest BCUT2D eigenvalue weighted by atomic mass is 10.3. The molecule has 2 aromatic rings. The fourth-order valence-electron chi connectivity index (χ4n) is 2.02. The summed E-state index contributed by atoms with van der Waals surface area (Å²) in [4.78, 5) is 13.2. The maximum atomic E-state index is 12.4. The summed E-state index contributed by atoms with van der Waals surface area (Å²) in [6.07, 6.45) is 0. The average Bonchev–Trinajstić information content (AvgIpc) is 2.60. The first kappa shape index (κ1) is 19.5. The van der Waals surface area contributed by atoms with Gasteiger partial charge < -0.3 is 5.32 Å². The van der Waals surface area contributed by atoms with Crippen molar-refractivity contribution < 1.29 is 13.2 Å². The van der Waals surface area contributed by atoms with E-state index in [2.05, 4.69) is 5.32 Å². The molecule has 0 radical (unpaired) electrons. The molecule has 0 fully saturated rings. The fraction of sp³-hybridized carbons (Fsp3) is 0.278. The number of sulfonamides is 1. The van der Waals surface area contributed by atoms with Crippen LogP contribution >= 0.6 is 11.8 Å². The van der Waals surface area contributed by atoms with Gasteiger partial charge in [0.2, 0.25) is 15.9 Å². The van der Waals surface area contributed by atoms with Crippen molar-refractivity contribution in [3.63, 3.8) is 0 Å². The zero-order valence-corrected chi connectivity index (χ0v) is 16.1. The standard InChI is InChI=1S/C18H22N2O3S2/c1-14(2)20(3)25(22,23)17-11-9-15(10-12-17)19-18(21)13-24-16-7-5-4-6-8-16/h4-12,14H,13H2,1-3H3,(H,19,21). The highest BCUT2D eigenvalue weighted by atomic mass is 32.2. The normalized spacial score (nSPS) is 11.7. The largest absolute Gasteiger partial charge is 0.325 e. The molecule has 0 unspecified atom stereocenters. The summed E-state index contributed by atoms with van der Waals surface area (Å²) in [5.41, 5.74) is 0.574. The van der Waals surface area contributed by atoms with Crippen LogP contribution in [0.2, 0.25) is 0 Å². The first-order chi connectivity index (χ1) is 11.8. The summed E-state index contributed by atoms with van der Waals surface area (Å²) in [6.45, 7) is 3.63. The lowest BCUT2D eigenvalue weighted by Crippen LogP contribution is -2.33. The second-order valence-corrected chi connectivity index (χ2v) is 8.84. The van der Waals surface area contributed by atoms with E-state index in [1.54, 1.807) is 19.2 Å². The predicted molar refractivity (Wildman–Crippen MR) is 102 cm³/mol. The van der Waals surface area contributed by atoms with Gasteiger partial charge in [0.1, 0.15) is 0 Å². The quantitative estimate of drug-likeness (QED) is 0.750. The van der Waals surface area contributed by atoms with Crippen molar-refractivity contribution in [2.45, 2.75) is 29.7 Å². The third kappa shape index (κ3) is 5.32. The third-order valence-electron chi connectivity index (χ3n) is 3.66. The van der Waals surface area contributed by atoms with Crippen molar-refractivity contribution in [1.29, 1.82) is 0 Å². The van der Waals surface area contributed by atoms with E-state index < -0.39 is 10.0 Å². The van der Waals surface area contributed by atoms with Crippen molar-refractivity contribution in [2.24, 2.45) is 0 Å². The van der Waals surface area contributed by atoms with E-state index in [9.17, 15) is 13.2 Å². The molecule has 0 aliphatic carbocycles. The summed E-state index contributed by atoms with van der Waals surface area (Å²) >= 11 is 1.45. The van der Waals surface area contributed by atoms with Crippen LogP contribution in [0, 0.1) is 0 Å². The first-order valence-electron chi connectivity index (χ1n) is 7.86. The molecule has 0 aromatic heterocycles. The summed E-state index contributed by atoms with van der Waals surface area (Å²) in [6, 6.07) is 15.8. The van der Waals surface area contributed by atoms with Gasteiger partial charge in [-0.3, -0.25) is 4.79 Å². The molecule has 0 saturated carbocycles. The van der Waals surface area contributed by atoms with Crippen molar-refractivity contribution >= 4 is 33.4 Å². The number of carbonyl (C=O) groups is 1. The van der Waals surface area contributed by atoms with Gasteiger partial charge in [-0.1, -0.05) is 18.2 Å². The zero-order chi connectivity index (χ0) is 18.4. The molecular formula is C18H22N2O3S2. The Bertz CT molecular complexity index is 804.